The summed E-state index contributed by atoms with van der Waals surface area (Å²) in [7, 11) is 0. The lowest BCUT2D eigenvalue weighted by Crippen LogP contribution is -2.28. The van der Waals surface area contributed by atoms with Crippen molar-refractivity contribution in [3.8, 4) is 5.75 Å². The Kier molecular flexibility index (Phi) is 6.32. The van der Waals surface area contributed by atoms with Gasteiger partial charge in [0.15, 0.2) is 5.69 Å². The highest BCUT2D eigenvalue weighted by Gasteiger charge is 2.22. The maximum atomic E-state index is 13.0. The predicted molar refractivity (Wildman–Crippen MR) is 108 cm³/mol. The molecule has 0 aliphatic carbocycles. The Labute approximate surface area is 169 Å². The number of benzene rings is 2. The number of rotatable bonds is 7. The standard InChI is InChI=1S/C23H25FN2O3/c1-14(2)17-5-7-18(8-6-17)15(3)25-23(27)22-21(16(4)29-26-22)13-28-20-11-9-19(24)10-12-20/h5-12,14-15H,13H2,1-4H3,(H,25,27). The highest BCUT2D eigenvalue weighted by atomic mass is 19.1. The van der Waals surface area contributed by atoms with E-state index in [4.69, 9.17) is 9.26 Å². The van der Waals surface area contributed by atoms with Crippen LogP contribution >= 0.6 is 0 Å². The number of halogens is 1. The molecule has 1 amide bonds. The molecular weight excluding hydrogens is 371 g/mol. The fourth-order valence-corrected chi connectivity index (χ4v) is 2.94. The first-order valence-electron chi connectivity index (χ1n) is 9.59. The third-order valence-corrected chi connectivity index (χ3v) is 4.85. The molecule has 29 heavy (non-hydrogen) atoms. The van der Waals surface area contributed by atoms with Gasteiger partial charge in [0.1, 0.15) is 23.9 Å². The van der Waals surface area contributed by atoms with Crippen molar-refractivity contribution in [2.24, 2.45) is 0 Å². The first-order valence-corrected chi connectivity index (χ1v) is 9.59. The Bertz CT molecular complexity index is 963. The zero-order valence-electron chi connectivity index (χ0n) is 17.0. The Morgan fingerprint density at radius 1 is 1.07 bits per heavy atom. The summed E-state index contributed by atoms with van der Waals surface area (Å²) < 4.78 is 23.9. The van der Waals surface area contributed by atoms with Crippen molar-refractivity contribution in [2.75, 3.05) is 0 Å². The third-order valence-electron chi connectivity index (χ3n) is 4.85. The Morgan fingerprint density at radius 2 is 1.69 bits per heavy atom. The number of aromatic nitrogens is 1. The predicted octanol–water partition coefficient (Wildman–Crippen LogP) is 5.32. The molecule has 3 rings (SSSR count). The van der Waals surface area contributed by atoms with Crippen LogP contribution in [0.5, 0.6) is 5.75 Å². The fourth-order valence-electron chi connectivity index (χ4n) is 2.94. The maximum Gasteiger partial charge on any atom is 0.274 e. The van der Waals surface area contributed by atoms with Crippen LogP contribution in [0.15, 0.2) is 53.1 Å². The fraction of sp³-hybridized carbons (Fsp3) is 0.304. The Balaban J connectivity index is 1.68. The van der Waals surface area contributed by atoms with Gasteiger partial charge in [0.05, 0.1) is 11.6 Å². The lowest BCUT2D eigenvalue weighted by Gasteiger charge is -2.15. The van der Waals surface area contributed by atoms with E-state index in [-0.39, 0.29) is 30.1 Å². The van der Waals surface area contributed by atoms with Gasteiger partial charge in [-0.05, 0) is 55.2 Å². The number of carbonyl (C=O) groups excluding carboxylic acids is 1. The summed E-state index contributed by atoms with van der Waals surface area (Å²) >= 11 is 0. The SMILES string of the molecule is Cc1onc(C(=O)NC(C)c2ccc(C(C)C)cc2)c1COc1ccc(F)cc1. The van der Waals surface area contributed by atoms with Crippen LogP contribution in [0.1, 0.15) is 65.7 Å². The average Bonchev–Trinajstić information content (AvgIpc) is 3.08. The highest BCUT2D eigenvalue weighted by molar-refractivity contribution is 5.94. The molecule has 6 heteroatoms. The van der Waals surface area contributed by atoms with Crippen molar-refractivity contribution in [2.45, 2.75) is 46.3 Å². The minimum absolute atomic E-state index is 0.0984. The molecule has 0 spiro atoms. The van der Waals surface area contributed by atoms with Crippen molar-refractivity contribution in [3.05, 3.63) is 82.5 Å². The van der Waals surface area contributed by atoms with Crippen LogP contribution in [0.2, 0.25) is 0 Å². The zero-order chi connectivity index (χ0) is 21.0. The van der Waals surface area contributed by atoms with Gasteiger partial charge in [-0.2, -0.15) is 0 Å². The molecule has 0 saturated heterocycles. The second-order valence-electron chi connectivity index (χ2n) is 7.33. The van der Waals surface area contributed by atoms with Gasteiger partial charge in [-0.25, -0.2) is 4.39 Å². The molecule has 0 radical (unpaired) electrons. The molecule has 3 aromatic rings. The molecule has 1 heterocycles. The minimum Gasteiger partial charge on any atom is -0.489 e. The van der Waals surface area contributed by atoms with E-state index in [1.807, 2.05) is 19.1 Å². The molecule has 1 N–H and O–H groups in total. The highest BCUT2D eigenvalue weighted by Crippen LogP contribution is 2.21. The molecule has 1 aromatic heterocycles. The first kappa shape index (κ1) is 20.6. The summed E-state index contributed by atoms with van der Waals surface area (Å²) in [6, 6.07) is 13.7. The summed E-state index contributed by atoms with van der Waals surface area (Å²) in [6.45, 7) is 8.03. The van der Waals surface area contributed by atoms with Crippen LogP contribution in [0, 0.1) is 12.7 Å². The van der Waals surface area contributed by atoms with Crippen molar-refractivity contribution >= 4 is 5.91 Å². The Hall–Kier alpha value is -3.15. The van der Waals surface area contributed by atoms with Gasteiger partial charge < -0.3 is 14.6 Å². The largest absolute Gasteiger partial charge is 0.489 e. The zero-order valence-corrected chi connectivity index (χ0v) is 17.0. The van der Waals surface area contributed by atoms with Crippen LogP contribution in [0.3, 0.4) is 0 Å². The quantitative estimate of drug-likeness (QED) is 0.587. The topological polar surface area (TPSA) is 64.4 Å². The van der Waals surface area contributed by atoms with E-state index in [9.17, 15) is 9.18 Å². The number of amides is 1. The van der Waals surface area contributed by atoms with Gasteiger partial charge in [0.25, 0.3) is 5.91 Å². The molecule has 0 fully saturated rings. The monoisotopic (exact) mass is 396 g/mol. The summed E-state index contributed by atoms with van der Waals surface area (Å²) in [5.41, 5.74) is 3.01. The smallest absolute Gasteiger partial charge is 0.274 e. The second kappa shape index (κ2) is 8.90. The van der Waals surface area contributed by atoms with E-state index in [0.29, 0.717) is 23.0 Å². The summed E-state index contributed by atoms with van der Waals surface area (Å²) in [6.07, 6.45) is 0. The van der Waals surface area contributed by atoms with Crippen molar-refractivity contribution in [1.82, 2.24) is 10.5 Å². The van der Waals surface area contributed by atoms with Gasteiger partial charge >= 0.3 is 0 Å². The molecule has 2 aromatic carbocycles. The number of hydrogen-bond acceptors (Lipinski definition) is 4. The normalized spacial score (nSPS) is 12.1. The number of ether oxygens (including phenoxy) is 1. The van der Waals surface area contributed by atoms with Gasteiger partial charge in [0.2, 0.25) is 0 Å². The molecule has 5 nitrogen and oxygen atoms in total. The summed E-state index contributed by atoms with van der Waals surface area (Å²) in [5.74, 6) is 0.785. The van der Waals surface area contributed by atoms with E-state index in [0.717, 1.165) is 5.56 Å². The lowest BCUT2D eigenvalue weighted by atomic mass is 9.99. The van der Waals surface area contributed by atoms with Crippen LogP contribution < -0.4 is 10.1 Å². The van der Waals surface area contributed by atoms with Crippen LogP contribution in [-0.4, -0.2) is 11.1 Å². The summed E-state index contributed by atoms with van der Waals surface area (Å²) in [4.78, 5) is 12.8. The number of aryl methyl sites for hydroxylation is 1. The molecule has 1 unspecified atom stereocenters. The van der Waals surface area contributed by atoms with E-state index in [1.54, 1.807) is 6.92 Å². The van der Waals surface area contributed by atoms with Crippen molar-refractivity contribution in [1.29, 1.82) is 0 Å². The van der Waals surface area contributed by atoms with E-state index >= 15 is 0 Å². The number of hydrogen-bond donors (Lipinski definition) is 1. The van der Waals surface area contributed by atoms with Crippen LogP contribution in [0.4, 0.5) is 4.39 Å². The second-order valence-corrected chi connectivity index (χ2v) is 7.33. The third kappa shape index (κ3) is 5.02. The van der Waals surface area contributed by atoms with Gasteiger partial charge in [-0.3, -0.25) is 4.79 Å². The van der Waals surface area contributed by atoms with Crippen LogP contribution in [0.25, 0.3) is 0 Å². The van der Waals surface area contributed by atoms with Gasteiger partial charge in [-0.15, -0.1) is 0 Å². The molecule has 152 valence electrons. The first-order chi connectivity index (χ1) is 13.8. The molecule has 1 atom stereocenters. The van der Waals surface area contributed by atoms with E-state index < -0.39 is 0 Å². The number of nitrogens with one attached hydrogen (secondary N) is 1. The minimum atomic E-state index is -0.339. The average molecular weight is 396 g/mol. The van der Waals surface area contributed by atoms with Crippen molar-refractivity contribution < 1.29 is 18.4 Å². The molecule has 0 aliphatic rings. The number of nitrogens with zero attached hydrogens (tertiary/aromatic N) is 1. The Morgan fingerprint density at radius 3 is 2.31 bits per heavy atom. The molecule has 0 bridgehead atoms. The van der Waals surface area contributed by atoms with E-state index in [2.05, 4.69) is 36.5 Å². The molecule has 0 aliphatic heterocycles. The summed E-state index contributed by atoms with van der Waals surface area (Å²) in [5, 5.41) is 6.85. The molecule has 0 saturated carbocycles. The van der Waals surface area contributed by atoms with Gasteiger partial charge in [0, 0.05) is 0 Å². The number of carbonyl (C=O) groups is 1. The van der Waals surface area contributed by atoms with Gasteiger partial charge in [-0.1, -0.05) is 43.3 Å². The molecular formula is C23H25FN2O3. The lowest BCUT2D eigenvalue weighted by molar-refractivity contribution is 0.0928. The van der Waals surface area contributed by atoms with Crippen LogP contribution in [-0.2, 0) is 6.61 Å². The maximum absolute atomic E-state index is 13.0. The van der Waals surface area contributed by atoms with Crippen molar-refractivity contribution in [3.63, 3.8) is 0 Å². The van der Waals surface area contributed by atoms with E-state index in [1.165, 1.54) is 29.8 Å².